The molecule has 0 spiro atoms. The SMILES string of the molecule is CCc1nc(CN2CCN(C(=O)c3ccc(Cl)cc3OC)CC2)no1. The molecule has 0 atom stereocenters. The number of aryl methyl sites for hydroxylation is 1. The lowest BCUT2D eigenvalue weighted by molar-refractivity contribution is 0.0621. The third-order valence-electron chi connectivity index (χ3n) is 4.23. The van der Waals surface area contributed by atoms with Crippen molar-refractivity contribution in [3.8, 4) is 5.75 Å². The molecule has 0 unspecified atom stereocenters. The van der Waals surface area contributed by atoms with E-state index in [2.05, 4.69) is 15.0 Å². The lowest BCUT2D eigenvalue weighted by Gasteiger charge is -2.34. The Morgan fingerprint density at radius 2 is 2.08 bits per heavy atom. The van der Waals surface area contributed by atoms with Gasteiger partial charge in [-0.05, 0) is 18.2 Å². The van der Waals surface area contributed by atoms with E-state index in [1.807, 2.05) is 11.8 Å². The van der Waals surface area contributed by atoms with Gasteiger partial charge < -0.3 is 14.2 Å². The van der Waals surface area contributed by atoms with E-state index in [0.29, 0.717) is 47.7 Å². The third-order valence-corrected chi connectivity index (χ3v) is 4.47. The molecule has 0 radical (unpaired) electrons. The van der Waals surface area contributed by atoms with Crippen molar-refractivity contribution in [3.63, 3.8) is 0 Å². The second kappa shape index (κ2) is 7.84. The van der Waals surface area contributed by atoms with Gasteiger partial charge in [-0.2, -0.15) is 4.98 Å². The molecule has 2 aromatic rings. The summed E-state index contributed by atoms with van der Waals surface area (Å²) in [5.41, 5.74) is 0.533. The van der Waals surface area contributed by atoms with Gasteiger partial charge >= 0.3 is 0 Å². The van der Waals surface area contributed by atoms with Gasteiger partial charge in [-0.25, -0.2) is 0 Å². The minimum absolute atomic E-state index is 0.0407. The van der Waals surface area contributed by atoms with E-state index < -0.39 is 0 Å². The largest absolute Gasteiger partial charge is 0.496 e. The van der Waals surface area contributed by atoms with E-state index in [9.17, 15) is 4.79 Å². The molecule has 1 aliphatic rings. The fourth-order valence-electron chi connectivity index (χ4n) is 2.82. The first-order chi connectivity index (χ1) is 12.1. The van der Waals surface area contributed by atoms with E-state index in [1.54, 1.807) is 18.2 Å². The van der Waals surface area contributed by atoms with E-state index in [1.165, 1.54) is 7.11 Å². The van der Waals surface area contributed by atoms with Crippen LogP contribution in [0.2, 0.25) is 5.02 Å². The number of piperazine rings is 1. The zero-order valence-corrected chi connectivity index (χ0v) is 15.1. The van der Waals surface area contributed by atoms with Crippen molar-refractivity contribution in [3.05, 3.63) is 40.5 Å². The standard InChI is InChI=1S/C17H21ClN4O3/c1-3-16-19-15(20-25-16)11-21-6-8-22(9-7-21)17(23)13-5-4-12(18)10-14(13)24-2/h4-5,10H,3,6-9,11H2,1-2H3. The molecule has 0 N–H and O–H groups in total. The summed E-state index contributed by atoms with van der Waals surface area (Å²) >= 11 is 5.96. The summed E-state index contributed by atoms with van der Waals surface area (Å²) in [4.78, 5) is 21.1. The Morgan fingerprint density at radius 3 is 2.72 bits per heavy atom. The summed E-state index contributed by atoms with van der Waals surface area (Å²) in [5, 5.41) is 4.52. The Kier molecular flexibility index (Phi) is 5.55. The van der Waals surface area contributed by atoms with Crippen LogP contribution in [0.4, 0.5) is 0 Å². The third kappa shape index (κ3) is 4.11. The summed E-state index contributed by atoms with van der Waals surface area (Å²) in [6, 6.07) is 5.07. The van der Waals surface area contributed by atoms with Crippen LogP contribution in [0.5, 0.6) is 5.75 Å². The molecule has 25 heavy (non-hydrogen) atoms. The van der Waals surface area contributed by atoms with Crippen LogP contribution in [0.1, 0.15) is 29.0 Å². The molecule has 3 rings (SSSR count). The molecule has 1 aliphatic heterocycles. The number of methoxy groups -OCH3 is 1. The van der Waals surface area contributed by atoms with Gasteiger partial charge in [-0.1, -0.05) is 23.7 Å². The number of ether oxygens (including phenoxy) is 1. The summed E-state index contributed by atoms with van der Waals surface area (Å²) < 4.78 is 10.4. The minimum Gasteiger partial charge on any atom is -0.496 e. The van der Waals surface area contributed by atoms with Crippen molar-refractivity contribution in [2.75, 3.05) is 33.3 Å². The lowest BCUT2D eigenvalue weighted by Crippen LogP contribution is -2.48. The molecule has 1 aromatic heterocycles. The van der Waals surface area contributed by atoms with Crippen molar-refractivity contribution in [1.82, 2.24) is 19.9 Å². The molecule has 1 fully saturated rings. The highest BCUT2D eigenvalue weighted by Gasteiger charge is 2.25. The quantitative estimate of drug-likeness (QED) is 0.810. The van der Waals surface area contributed by atoms with Gasteiger partial charge in [0.25, 0.3) is 5.91 Å². The predicted molar refractivity (Wildman–Crippen MR) is 92.9 cm³/mol. The Bertz CT molecular complexity index is 741. The van der Waals surface area contributed by atoms with Gasteiger partial charge in [0.2, 0.25) is 5.89 Å². The van der Waals surface area contributed by atoms with Gasteiger partial charge in [0, 0.05) is 37.6 Å². The van der Waals surface area contributed by atoms with Gasteiger partial charge in [-0.15, -0.1) is 0 Å². The average Bonchev–Trinajstić information content (AvgIpc) is 3.09. The average molecular weight is 365 g/mol. The van der Waals surface area contributed by atoms with Gasteiger partial charge in [-0.3, -0.25) is 9.69 Å². The number of rotatable bonds is 5. The van der Waals surface area contributed by atoms with Crippen molar-refractivity contribution in [2.24, 2.45) is 0 Å². The Hall–Kier alpha value is -2.12. The minimum atomic E-state index is -0.0407. The molecule has 0 aliphatic carbocycles. The molecule has 8 heteroatoms. The van der Waals surface area contributed by atoms with Crippen LogP contribution in [0, 0.1) is 0 Å². The van der Waals surface area contributed by atoms with Gasteiger partial charge in [0.15, 0.2) is 5.82 Å². The van der Waals surface area contributed by atoms with Crippen LogP contribution in [-0.2, 0) is 13.0 Å². The summed E-state index contributed by atoms with van der Waals surface area (Å²) in [5.74, 6) is 1.80. The normalized spacial score (nSPS) is 15.4. The van der Waals surface area contributed by atoms with Crippen molar-refractivity contribution in [2.45, 2.75) is 19.9 Å². The van der Waals surface area contributed by atoms with Crippen LogP contribution in [0.15, 0.2) is 22.7 Å². The van der Waals surface area contributed by atoms with Crippen LogP contribution in [0.25, 0.3) is 0 Å². The topological polar surface area (TPSA) is 71.7 Å². The smallest absolute Gasteiger partial charge is 0.257 e. The highest BCUT2D eigenvalue weighted by molar-refractivity contribution is 6.30. The fourth-order valence-corrected chi connectivity index (χ4v) is 2.98. The molecule has 0 bridgehead atoms. The fraction of sp³-hybridized carbons (Fsp3) is 0.471. The molecule has 1 aromatic carbocycles. The molecule has 0 saturated carbocycles. The highest BCUT2D eigenvalue weighted by Crippen LogP contribution is 2.25. The maximum Gasteiger partial charge on any atom is 0.257 e. The summed E-state index contributed by atoms with van der Waals surface area (Å²) in [7, 11) is 1.54. The summed E-state index contributed by atoms with van der Waals surface area (Å²) in [6.45, 7) is 5.42. The van der Waals surface area contributed by atoms with Gasteiger partial charge in [0.05, 0.1) is 19.2 Å². The lowest BCUT2D eigenvalue weighted by atomic mass is 10.1. The molecule has 2 heterocycles. The predicted octanol–water partition coefficient (Wildman–Crippen LogP) is 2.25. The molecule has 7 nitrogen and oxygen atoms in total. The molecular formula is C17H21ClN4O3. The number of carbonyl (C=O) groups is 1. The second-order valence-corrected chi connectivity index (χ2v) is 6.31. The Labute approximate surface area is 151 Å². The van der Waals surface area contributed by atoms with Crippen LogP contribution in [0.3, 0.4) is 0 Å². The first-order valence-corrected chi connectivity index (χ1v) is 8.65. The first kappa shape index (κ1) is 17.7. The van der Waals surface area contributed by atoms with Crippen LogP contribution >= 0.6 is 11.6 Å². The van der Waals surface area contributed by atoms with Crippen LogP contribution in [-0.4, -0.2) is 59.1 Å². The monoisotopic (exact) mass is 364 g/mol. The molecule has 1 saturated heterocycles. The Balaban J connectivity index is 1.59. The number of aromatic nitrogens is 2. The number of benzene rings is 1. The van der Waals surface area contributed by atoms with Crippen molar-refractivity contribution < 1.29 is 14.1 Å². The number of hydrogen-bond acceptors (Lipinski definition) is 6. The number of halogens is 1. The van der Waals surface area contributed by atoms with Gasteiger partial charge in [0.1, 0.15) is 5.75 Å². The number of amides is 1. The molecule has 1 amide bonds. The van der Waals surface area contributed by atoms with Crippen molar-refractivity contribution >= 4 is 17.5 Å². The number of nitrogens with zero attached hydrogens (tertiary/aromatic N) is 4. The first-order valence-electron chi connectivity index (χ1n) is 8.27. The molecule has 134 valence electrons. The van der Waals surface area contributed by atoms with Crippen LogP contribution < -0.4 is 4.74 Å². The Morgan fingerprint density at radius 1 is 1.32 bits per heavy atom. The van der Waals surface area contributed by atoms with E-state index in [4.69, 9.17) is 20.9 Å². The zero-order chi connectivity index (χ0) is 17.8. The number of carbonyl (C=O) groups excluding carboxylic acids is 1. The summed E-state index contributed by atoms with van der Waals surface area (Å²) in [6.07, 6.45) is 0.734. The highest BCUT2D eigenvalue weighted by atomic mass is 35.5. The second-order valence-electron chi connectivity index (χ2n) is 5.87. The number of hydrogen-bond donors (Lipinski definition) is 0. The maximum atomic E-state index is 12.7. The van der Waals surface area contributed by atoms with E-state index in [-0.39, 0.29) is 5.91 Å². The van der Waals surface area contributed by atoms with E-state index in [0.717, 1.165) is 19.5 Å². The maximum absolute atomic E-state index is 12.7. The van der Waals surface area contributed by atoms with E-state index >= 15 is 0 Å². The zero-order valence-electron chi connectivity index (χ0n) is 14.4. The molecular weight excluding hydrogens is 344 g/mol. The van der Waals surface area contributed by atoms with Crippen molar-refractivity contribution in [1.29, 1.82) is 0 Å².